The molecule has 3 atom stereocenters. The molecule has 3 unspecified atom stereocenters. The lowest BCUT2D eigenvalue weighted by Crippen LogP contribution is -2.37. The van der Waals surface area contributed by atoms with E-state index in [9.17, 15) is 4.79 Å². The van der Waals surface area contributed by atoms with E-state index in [1.54, 1.807) is 0 Å². The summed E-state index contributed by atoms with van der Waals surface area (Å²) in [5.74, 6) is 1.57. The zero-order valence-electron chi connectivity index (χ0n) is 13.8. The fraction of sp³-hybridized carbons (Fsp3) is 0.318. The van der Waals surface area contributed by atoms with Crippen LogP contribution in [0.3, 0.4) is 0 Å². The van der Waals surface area contributed by atoms with E-state index in [1.165, 1.54) is 17.5 Å². The van der Waals surface area contributed by atoms with Gasteiger partial charge in [0.15, 0.2) is 0 Å². The summed E-state index contributed by atoms with van der Waals surface area (Å²) in [5, 5.41) is 0. The fourth-order valence-electron chi connectivity index (χ4n) is 4.12. The van der Waals surface area contributed by atoms with Gasteiger partial charge in [-0.1, -0.05) is 72.8 Å². The van der Waals surface area contributed by atoms with Crippen molar-refractivity contribution in [2.24, 2.45) is 17.8 Å². The second-order valence-corrected chi connectivity index (χ2v) is 7.05. The number of amides is 1. The standard InChI is InChI=1S/C22H23NO/c24-22(21-14-19-11-12-20(21)13-19)23(15-17-7-3-1-4-8-17)16-18-9-5-2-6-10-18/h1-12,19-21H,13-16H2. The van der Waals surface area contributed by atoms with Crippen molar-refractivity contribution in [3.8, 4) is 0 Å². The van der Waals surface area contributed by atoms with Crippen molar-refractivity contribution in [3.05, 3.63) is 83.9 Å². The molecule has 2 heteroatoms. The number of carbonyl (C=O) groups excluding carboxylic acids is 1. The third kappa shape index (κ3) is 3.14. The summed E-state index contributed by atoms with van der Waals surface area (Å²) in [7, 11) is 0. The molecule has 0 radical (unpaired) electrons. The molecule has 2 nitrogen and oxygen atoms in total. The minimum Gasteiger partial charge on any atom is -0.334 e. The normalized spacial score (nSPS) is 24.2. The molecule has 2 bridgehead atoms. The van der Waals surface area contributed by atoms with Gasteiger partial charge in [-0.05, 0) is 35.8 Å². The van der Waals surface area contributed by atoms with Crippen LogP contribution in [0.25, 0.3) is 0 Å². The first kappa shape index (κ1) is 15.2. The summed E-state index contributed by atoms with van der Waals surface area (Å²) in [4.78, 5) is 15.3. The lowest BCUT2D eigenvalue weighted by atomic mass is 9.92. The number of allylic oxidation sites excluding steroid dienone is 2. The monoisotopic (exact) mass is 317 g/mol. The molecule has 2 aliphatic carbocycles. The number of rotatable bonds is 5. The van der Waals surface area contributed by atoms with E-state index in [0.29, 0.717) is 30.8 Å². The Morgan fingerprint density at radius 3 is 1.88 bits per heavy atom. The Bertz CT molecular complexity index is 681. The van der Waals surface area contributed by atoms with Gasteiger partial charge in [-0.25, -0.2) is 0 Å². The maximum atomic E-state index is 13.2. The van der Waals surface area contributed by atoms with E-state index in [1.807, 2.05) is 41.3 Å². The van der Waals surface area contributed by atoms with Crippen molar-refractivity contribution in [2.75, 3.05) is 0 Å². The zero-order chi connectivity index (χ0) is 16.4. The fourth-order valence-corrected chi connectivity index (χ4v) is 4.12. The van der Waals surface area contributed by atoms with Crippen LogP contribution >= 0.6 is 0 Å². The highest BCUT2D eigenvalue weighted by atomic mass is 16.2. The van der Waals surface area contributed by atoms with E-state index in [0.717, 1.165) is 6.42 Å². The molecule has 0 aromatic heterocycles. The Hall–Kier alpha value is -2.35. The lowest BCUT2D eigenvalue weighted by molar-refractivity contribution is -0.137. The van der Waals surface area contributed by atoms with E-state index >= 15 is 0 Å². The van der Waals surface area contributed by atoms with Gasteiger partial charge in [0.2, 0.25) is 5.91 Å². The highest BCUT2D eigenvalue weighted by Crippen LogP contribution is 2.44. The number of hydrogen-bond acceptors (Lipinski definition) is 1. The molecular weight excluding hydrogens is 294 g/mol. The van der Waals surface area contributed by atoms with Gasteiger partial charge in [0.1, 0.15) is 0 Å². The van der Waals surface area contributed by atoms with Gasteiger partial charge in [0, 0.05) is 19.0 Å². The highest BCUT2D eigenvalue weighted by molar-refractivity contribution is 5.80. The third-order valence-corrected chi connectivity index (χ3v) is 5.34. The molecule has 0 heterocycles. The number of fused-ring (bicyclic) bond motifs is 2. The smallest absolute Gasteiger partial charge is 0.226 e. The first-order chi connectivity index (χ1) is 11.8. The van der Waals surface area contributed by atoms with Crippen molar-refractivity contribution in [1.29, 1.82) is 0 Å². The minimum absolute atomic E-state index is 0.174. The summed E-state index contributed by atoms with van der Waals surface area (Å²) in [6.45, 7) is 1.37. The van der Waals surface area contributed by atoms with Crippen LogP contribution in [0.2, 0.25) is 0 Å². The van der Waals surface area contributed by atoms with Gasteiger partial charge in [-0.2, -0.15) is 0 Å². The quantitative estimate of drug-likeness (QED) is 0.747. The first-order valence-electron chi connectivity index (χ1n) is 8.84. The molecular formula is C22H23NO. The molecule has 2 aromatic rings. The first-order valence-corrected chi connectivity index (χ1v) is 8.84. The molecule has 1 amide bonds. The van der Waals surface area contributed by atoms with Crippen molar-refractivity contribution in [1.82, 2.24) is 4.90 Å². The van der Waals surface area contributed by atoms with Crippen LogP contribution in [-0.2, 0) is 17.9 Å². The molecule has 0 spiro atoms. The van der Waals surface area contributed by atoms with Gasteiger partial charge in [0.25, 0.3) is 0 Å². The summed E-state index contributed by atoms with van der Waals surface area (Å²) in [5.41, 5.74) is 2.39. The maximum absolute atomic E-state index is 13.2. The SMILES string of the molecule is O=C(C1CC2C=CC1C2)N(Cc1ccccc1)Cc1ccccc1. The van der Waals surface area contributed by atoms with Gasteiger partial charge in [-0.3, -0.25) is 4.79 Å². The predicted molar refractivity (Wildman–Crippen MR) is 96.0 cm³/mol. The molecule has 0 N–H and O–H groups in total. The summed E-state index contributed by atoms with van der Waals surface area (Å²) in [6, 6.07) is 20.6. The molecule has 4 rings (SSSR count). The number of nitrogens with zero attached hydrogens (tertiary/aromatic N) is 1. The van der Waals surface area contributed by atoms with E-state index in [2.05, 4.69) is 36.4 Å². The maximum Gasteiger partial charge on any atom is 0.226 e. The molecule has 24 heavy (non-hydrogen) atoms. The second kappa shape index (κ2) is 6.64. The Labute approximate surface area is 143 Å². The molecule has 0 saturated heterocycles. The Morgan fingerprint density at radius 2 is 1.42 bits per heavy atom. The Kier molecular flexibility index (Phi) is 4.20. The van der Waals surface area contributed by atoms with Crippen molar-refractivity contribution in [3.63, 3.8) is 0 Å². The van der Waals surface area contributed by atoms with Crippen molar-refractivity contribution < 1.29 is 4.79 Å². The summed E-state index contributed by atoms with van der Waals surface area (Å²) >= 11 is 0. The second-order valence-electron chi connectivity index (χ2n) is 7.05. The van der Waals surface area contributed by atoms with Crippen LogP contribution in [0, 0.1) is 17.8 Å². The van der Waals surface area contributed by atoms with Crippen molar-refractivity contribution >= 4 is 5.91 Å². The molecule has 2 aromatic carbocycles. The van der Waals surface area contributed by atoms with E-state index in [4.69, 9.17) is 0 Å². The highest BCUT2D eigenvalue weighted by Gasteiger charge is 2.41. The van der Waals surface area contributed by atoms with Crippen LogP contribution in [-0.4, -0.2) is 10.8 Å². The summed E-state index contributed by atoms with van der Waals surface area (Å²) < 4.78 is 0. The van der Waals surface area contributed by atoms with Gasteiger partial charge >= 0.3 is 0 Å². The molecule has 1 fully saturated rings. The van der Waals surface area contributed by atoms with Crippen LogP contribution in [0.1, 0.15) is 24.0 Å². The number of hydrogen-bond donors (Lipinski definition) is 0. The molecule has 122 valence electrons. The lowest BCUT2D eigenvalue weighted by Gasteiger charge is -2.28. The number of carbonyl (C=O) groups is 1. The zero-order valence-corrected chi connectivity index (χ0v) is 13.8. The third-order valence-electron chi connectivity index (χ3n) is 5.34. The molecule has 0 aliphatic heterocycles. The Morgan fingerprint density at radius 1 is 0.833 bits per heavy atom. The van der Waals surface area contributed by atoms with Crippen LogP contribution in [0.15, 0.2) is 72.8 Å². The van der Waals surface area contributed by atoms with Crippen LogP contribution in [0.4, 0.5) is 0 Å². The van der Waals surface area contributed by atoms with Crippen molar-refractivity contribution in [2.45, 2.75) is 25.9 Å². The van der Waals surface area contributed by atoms with E-state index in [-0.39, 0.29) is 5.92 Å². The Balaban J connectivity index is 1.55. The average Bonchev–Trinajstić information content (AvgIpc) is 3.26. The minimum atomic E-state index is 0.174. The molecule has 1 saturated carbocycles. The number of benzene rings is 2. The van der Waals surface area contributed by atoms with Gasteiger partial charge < -0.3 is 4.90 Å². The van der Waals surface area contributed by atoms with E-state index < -0.39 is 0 Å². The topological polar surface area (TPSA) is 20.3 Å². The van der Waals surface area contributed by atoms with Gasteiger partial charge in [0.05, 0.1) is 0 Å². The van der Waals surface area contributed by atoms with Gasteiger partial charge in [-0.15, -0.1) is 0 Å². The predicted octanol–water partition coefficient (Wildman–Crippen LogP) is 4.43. The summed E-state index contributed by atoms with van der Waals surface area (Å²) in [6.07, 6.45) is 6.76. The largest absolute Gasteiger partial charge is 0.334 e. The average molecular weight is 317 g/mol. The molecule has 2 aliphatic rings. The van der Waals surface area contributed by atoms with Crippen LogP contribution in [0.5, 0.6) is 0 Å². The van der Waals surface area contributed by atoms with Crippen LogP contribution < -0.4 is 0 Å².